The van der Waals surface area contributed by atoms with Crippen molar-refractivity contribution in [2.45, 2.75) is 24.8 Å². The van der Waals surface area contributed by atoms with Crippen molar-refractivity contribution in [2.24, 2.45) is 0 Å². The van der Waals surface area contributed by atoms with Crippen molar-refractivity contribution >= 4 is 27.9 Å². The summed E-state index contributed by atoms with van der Waals surface area (Å²) < 4.78 is 0.861. The Morgan fingerprint density at radius 1 is 1.32 bits per heavy atom. The third-order valence-corrected chi connectivity index (χ3v) is 5.00. The van der Waals surface area contributed by atoms with Gasteiger partial charge in [0.05, 0.1) is 0 Å². The molecule has 0 bridgehead atoms. The number of rotatable bonds is 5. The lowest BCUT2D eigenvalue weighted by molar-refractivity contribution is 0.0683. The molecule has 0 aromatic heterocycles. The standard InChI is InChI=1S/C15H21BrN2O/c1-17(2)15(7-4-8-15)11-18(3)13-6-5-12(10-19)14(16)9-13/h5-6,9-10H,4,7-8,11H2,1-3H3. The molecule has 1 fully saturated rings. The first-order valence-corrected chi connectivity index (χ1v) is 7.41. The lowest BCUT2D eigenvalue weighted by Crippen LogP contribution is -2.56. The molecule has 0 N–H and O–H groups in total. The van der Waals surface area contributed by atoms with Gasteiger partial charge in [-0.3, -0.25) is 4.79 Å². The molecule has 0 atom stereocenters. The summed E-state index contributed by atoms with van der Waals surface area (Å²) in [5.41, 5.74) is 2.15. The number of hydrogen-bond donors (Lipinski definition) is 0. The zero-order chi connectivity index (χ0) is 14.0. The second kappa shape index (κ2) is 5.63. The van der Waals surface area contributed by atoms with Gasteiger partial charge in [0.2, 0.25) is 0 Å². The van der Waals surface area contributed by atoms with Crippen LogP contribution < -0.4 is 4.90 Å². The van der Waals surface area contributed by atoms with Crippen LogP contribution in [0.5, 0.6) is 0 Å². The van der Waals surface area contributed by atoms with E-state index in [9.17, 15) is 4.79 Å². The van der Waals surface area contributed by atoms with Gasteiger partial charge >= 0.3 is 0 Å². The number of anilines is 1. The maximum absolute atomic E-state index is 10.8. The van der Waals surface area contributed by atoms with Crippen LogP contribution in [0, 0.1) is 0 Å². The highest BCUT2D eigenvalue weighted by Gasteiger charge is 2.39. The second-order valence-corrected chi connectivity index (χ2v) is 6.51. The molecule has 0 spiro atoms. The quantitative estimate of drug-likeness (QED) is 0.777. The SMILES string of the molecule is CN(CC1(N(C)C)CCC1)c1ccc(C=O)c(Br)c1. The number of aldehydes is 1. The van der Waals surface area contributed by atoms with Gasteiger partial charge in [0.25, 0.3) is 0 Å². The van der Waals surface area contributed by atoms with E-state index in [4.69, 9.17) is 0 Å². The fraction of sp³-hybridized carbons (Fsp3) is 0.533. The average Bonchev–Trinajstić information content (AvgIpc) is 2.32. The predicted octanol–water partition coefficient (Wildman–Crippen LogP) is 3.18. The number of benzene rings is 1. The Kier molecular flexibility index (Phi) is 4.31. The summed E-state index contributed by atoms with van der Waals surface area (Å²) in [4.78, 5) is 15.5. The van der Waals surface area contributed by atoms with Crippen LogP contribution in [0.2, 0.25) is 0 Å². The Morgan fingerprint density at radius 2 is 2.00 bits per heavy atom. The molecule has 0 heterocycles. The Bertz CT molecular complexity index is 469. The summed E-state index contributed by atoms with van der Waals surface area (Å²) in [5, 5.41) is 0. The van der Waals surface area contributed by atoms with Crippen LogP contribution in [0.15, 0.2) is 22.7 Å². The first kappa shape index (κ1) is 14.5. The van der Waals surface area contributed by atoms with Crippen LogP contribution in [0.25, 0.3) is 0 Å². The average molecular weight is 325 g/mol. The fourth-order valence-corrected chi connectivity index (χ4v) is 3.17. The molecule has 1 aromatic rings. The lowest BCUT2D eigenvalue weighted by atomic mass is 9.75. The highest BCUT2D eigenvalue weighted by Crippen LogP contribution is 2.37. The van der Waals surface area contributed by atoms with Crippen LogP contribution in [-0.4, -0.2) is 44.4 Å². The minimum atomic E-state index is 0.310. The van der Waals surface area contributed by atoms with Crippen LogP contribution in [0.3, 0.4) is 0 Å². The summed E-state index contributed by atoms with van der Waals surface area (Å²) in [6, 6.07) is 5.90. The van der Waals surface area contributed by atoms with Gasteiger partial charge in [0.15, 0.2) is 6.29 Å². The molecule has 0 saturated heterocycles. The van der Waals surface area contributed by atoms with Gasteiger partial charge in [-0.25, -0.2) is 0 Å². The summed E-state index contributed by atoms with van der Waals surface area (Å²) in [5.74, 6) is 0. The van der Waals surface area contributed by atoms with Crippen LogP contribution in [0.1, 0.15) is 29.6 Å². The van der Waals surface area contributed by atoms with Crippen molar-refractivity contribution in [3.63, 3.8) is 0 Å². The van der Waals surface area contributed by atoms with Gasteiger partial charge in [-0.2, -0.15) is 0 Å². The molecule has 19 heavy (non-hydrogen) atoms. The Labute approximate surface area is 123 Å². The van der Waals surface area contributed by atoms with E-state index in [1.54, 1.807) is 0 Å². The summed E-state index contributed by atoms with van der Waals surface area (Å²) in [6.45, 7) is 1.02. The van der Waals surface area contributed by atoms with Gasteiger partial charge in [0.1, 0.15) is 0 Å². The van der Waals surface area contributed by atoms with E-state index in [1.807, 2.05) is 18.2 Å². The number of nitrogens with zero attached hydrogens (tertiary/aromatic N) is 2. The molecule has 0 radical (unpaired) electrons. The van der Waals surface area contributed by atoms with Gasteiger partial charge in [-0.1, -0.05) is 0 Å². The zero-order valence-corrected chi connectivity index (χ0v) is 13.4. The fourth-order valence-electron chi connectivity index (χ4n) is 2.71. The predicted molar refractivity (Wildman–Crippen MR) is 83.1 cm³/mol. The van der Waals surface area contributed by atoms with Gasteiger partial charge in [-0.05, 0) is 67.5 Å². The van der Waals surface area contributed by atoms with Crippen molar-refractivity contribution in [1.82, 2.24) is 4.90 Å². The molecule has 1 aliphatic carbocycles. The van der Waals surface area contributed by atoms with Crippen molar-refractivity contribution < 1.29 is 4.79 Å². The Balaban J connectivity index is 2.13. The monoisotopic (exact) mass is 324 g/mol. The van der Waals surface area contributed by atoms with E-state index in [0.717, 1.165) is 23.0 Å². The summed E-state index contributed by atoms with van der Waals surface area (Å²) in [6.07, 6.45) is 4.72. The molecular weight excluding hydrogens is 304 g/mol. The van der Waals surface area contributed by atoms with Crippen molar-refractivity contribution in [3.05, 3.63) is 28.2 Å². The highest BCUT2D eigenvalue weighted by atomic mass is 79.9. The molecule has 4 heteroatoms. The maximum atomic E-state index is 10.8. The largest absolute Gasteiger partial charge is 0.373 e. The lowest BCUT2D eigenvalue weighted by Gasteiger charge is -2.49. The van der Waals surface area contributed by atoms with E-state index >= 15 is 0 Å². The topological polar surface area (TPSA) is 23.6 Å². The summed E-state index contributed by atoms with van der Waals surface area (Å²) >= 11 is 3.45. The minimum Gasteiger partial charge on any atom is -0.373 e. The van der Waals surface area contributed by atoms with Gasteiger partial charge in [-0.15, -0.1) is 0 Å². The minimum absolute atomic E-state index is 0.310. The first-order chi connectivity index (χ1) is 8.98. The van der Waals surface area contributed by atoms with E-state index < -0.39 is 0 Å². The molecule has 3 nitrogen and oxygen atoms in total. The van der Waals surface area contributed by atoms with Gasteiger partial charge in [0, 0.05) is 34.9 Å². The smallest absolute Gasteiger partial charge is 0.151 e. The molecule has 0 aliphatic heterocycles. The Morgan fingerprint density at radius 3 is 2.42 bits per heavy atom. The number of carbonyl (C=O) groups excluding carboxylic acids is 1. The molecule has 2 rings (SSSR count). The number of carbonyl (C=O) groups is 1. The van der Waals surface area contributed by atoms with E-state index in [0.29, 0.717) is 11.1 Å². The van der Waals surface area contributed by atoms with Crippen molar-refractivity contribution in [1.29, 1.82) is 0 Å². The second-order valence-electron chi connectivity index (χ2n) is 5.65. The van der Waals surface area contributed by atoms with Crippen LogP contribution in [0.4, 0.5) is 5.69 Å². The number of halogens is 1. The molecule has 0 unspecified atom stereocenters. The highest BCUT2D eigenvalue weighted by molar-refractivity contribution is 9.10. The van der Waals surface area contributed by atoms with E-state index in [-0.39, 0.29) is 0 Å². The molecule has 1 aliphatic rings. The van der Waals surface area contributed by atoms with Crippen molar-refractivity contribution in [3.8, 4) is 0 Å². The van der Waals surface area contributed by atoms with Crippen LogP contribution >= 0.6 is 15.9 Å². The van der Waals surface area contributed by atoms with Crippen molar-refractivity contribution in [2.75, 3.05) is 32.6 Å². The zero-order valence-electron chi connectivity index (χ0n) is 11.8. The summed E-state index contributed by atoms with van der Waals surface area (Å²) in [7, 11) is 6.45. The molecule has 104 valence electrons. The third kappa shape index (κ3) is 2.84. The number of likely N-dealkylation sites (N-methyl/N-ethyl adjacent to an activating group) is 2. The number of hydrogen-bond acceptors (Lipinski definition) is 3. The molecule has 1 aromatic carbocycles. The third-order valence-electron chi connectivity index (χ3n) is 4.32. The van der Waals surface area contributed by atoms with E-state index in [2.05, 4.69) is 46.9 Å². The normalized spacial score (nSPS) is 17.1. The molecule has 0 amide bonds. The molecular formula is C15H21BrN2O. The van der Waals surface area contributed by atoms with Crippen LogP contribution in [-0.2, 0) is 0 Å². The Hall–Kier alpha value is -0.870. The van der Waals surface area contributed by atoms with E-state index in [1.165, 1.54) is 19.3 Å². The first-order valence-electron chi connectivity index (χ1n) is 6.62. The molecule has 1 saturated carbocycles. The maximum Gasteiger partial charge on any atom is 0.151 e. The van der Waals surface area contributed by atoms with Gasteiger partial charge < -0.3 is 9.80 Å².